The number of likely N-dealkylation sites (tertiary alicyclic amines) is 1. The average Bonchev–Trinajstić information content (AvgIpc) is 2.82. The maximum Gasteiger partial charge on any atom is 0.309 e. The van der Waals surface area contributed by atoms with Gasteiger partial charge in [0.1, 0.15) is 5.82 Å². The van der Waals surface area contributed by atoms with Gasteiger partial charge in [0.25, 0.3) is 0 Å². The van der Waals surface area contributed by atoms with Crippen molar-refractivity contribution in [1.29, 1.82) is 0 Å². The number of aliphatic imine (C=N–C) groups is 1. The first kappa shape index (κ1) is 23.3. The molecule has 1 aromatic heterocycles. The number of hydrogen-bond donors (Lipinski definition) is 1. The second kappa shape index (κ2) is 11.9. The molecule has 8 heteroatoms. The summed E-state index contributed by atoms with van der Waals surface area (Å²) >= 11 is 0. The Morgan fingerprint density at radius 2 is 1.90 bits per heavy atom. The van der Waals surface area contributed by atoms with Crippen molar-refractivity contribution in [2.24, 2.45) is 10.9 Å². The number of hydrogen-bond acceptors (Lipinski definition) is 6. The summed E-state index contributed by atoms with van der Waals surface area (Å²) in [6.07, 6.45) is 3.52. The van der Waals surface area contributed by atoms with Crippen molar-refractivity contribution < 1.29 is 9.53 Å². The number of aromatic nitrogens is 1. The molecule has 0 saturated carbocycles. The number of anilines is 1. The molecule has 0 atom stereocenters. The molecule has 0 unspecified atom stereocenters. The lowest BCUT2D eigenvalue weighted by atomic mass is 9.97. The predicted octanol–water partition coefficient (Wildman–Crippen LogP) is 1.96. The zero-order chi connectivity index (χ0) is 22.1. The first-order chi connectivity index (χ1) is 15.1. The molecule has 2 saturated heterocycles. The van der Waals surface area contributed by atoms with E-state index in [0.717, 1.165) is 77.0 Å². The number of carbonyl (C=O) groups is 1. The van der Waals surface area contributed by atoms with E-state index in [1.165, 1.54) is 5.56 Å². The zero-order valence-corrected chi connectivity index (χ0v) is 19.3. The van der Waals surface area contributed by atoms with Crippen LogP contribution >= 0.6 is 0 Å². The minimum absolute atomic E-state index is 0.00927. The maximum absolute atomic E-state index is 12.0. The van der Waals surface area contributed by atoms with Crippen LogP contribution < -0.4 is 10.2 Å². The summed E-state index contributed by atoms with van der Waals surface area (Å²) in [5.41, 5.74) is 1.17. The number of ether oxygens (including phenoxy) is 1. The van der Waals surface area contributed by atoms with Crippen molar-refractivity contribution in [3.05, 3.63) is 23.9 Å². The molecule has 172 valence electrons. The second-order valence-electron chi connectivity index (χ2n) is 8.13. The quantitative estimate of drug-likeness (QED) is 0.403. The van der Waals surface area contributed by atoms with Gasteiger partial charge in [-0.3, -0.25) is 4.79 Å². The fourth-order valence-corrected chi connectivity index (χ4v) is 4.20. The summed E-state index contributed by atoms with van der Waals surface area (Å²) in [4.78, 5) is 28.6. The van der Waals surface area contributed by atoms with Crippen molar-refractivity contribution in [2.75, 3.05) is 63.9 Å². The van der Waals surface area contributed by atoms with Crippen molar-refractivity contribution in [2.45, 2.75) is 40.2 Å². The van der Waals surface area contributed by atoms with Gasteiger partial charge in [0.15, 0.2) is 5.96 Å². The van der Waals surface area contributed by atoms with E-state index in [9.17, 15) is 4.79 Å². The molecular formula is C23H38N6O2. The van der Waals surface area contributed by atoms with Crippen LogP contribution in [0.4, 0.5) is 5.82 Å². The minimum Gasteiger partial charge on any atom is -0.466 e. The Morgan fingerprint density at radius 3 is 2.55 bits per heavy atom. The highest BCUT2D eigenvalue weighted by atomic mass is 16.5. The van der Waals surface area contributed by atoms with Crippen molar-refractivity contribution >= 4 is 17.7 Å². The fourth-order valence-electron chi connectivity index (χ4n) is 4.20. The van der Waals surface area contributed by atoms with Crippen LogP contribution in [0.5, 0.6) is 0 Å². The van der Waals surface area contributed by atoms with Crippen LogP contribution in [0.2, 0.25) is 0 Å². The van der Waals surface area contributed by atoms with Gasteiger partial charge in [0.2, 0.25) is 0 Å². The number of rotatable bonds is 7. The lowest BCUT2D eigenvalue weighted by molar-refractivity contribution is -0.149. The Morgan fingerprint density at radius 1 is 1.16 bits per heavy atom. The zero-order valence-electron chi connectivity index (χ0n) is 19.3. The van der Waals surface area contributed by atoms with E-state index in [1.807, 2.05) is 19.2 Å². The molecule has 8 nitrogen and oxygen atoms in total. The lowest BCUT2D eigenvalue weighted by Gasteiger charge is -2.35. The molecule has 0 aliphatic carbocycles. The molecule has 3 rings (SSSR count). The number of likely N-dealkylation sites (N-methyl/N-ethyl adjacent to an activating group) is 1. The van der Waals surface area contributed by atoms with Gasteiger partial charge in [0, 0.05) is 52.0 Å². The van der Waals surface area contributed by atoms with E-state index < -0.39 is 0 Å². The highest BCUT2D eigenvalue weighted by molar-refractivity contribution is 5.80. The van der Waals surface area contributed by atoms with Crippen LogP contribution in [0.15, 0.2) is 23.3 Å². The van der Waals surface area contributed by atoms with E-state index in [0.29, 0.717) is 13.2 Å². The summed E-state index contributed by atoms with van der Waals surface area (Å²) < 4.78 is 5.19. The Kier molecular flexibility index (Phi) is 8.94. The SMILES string of the molecule is CCNC(=NCc1ccnc(N2CCN(CC)CC2)c1)N1CCC(C(=O)OCC)CC1. The monoisotopic (exact) mass is 430 g/mol. The summed E-state index contributed by atoms with van der Waals surface area (Å²) in [6.45, 7) is 15.0. The fraction of sp³-hybridized carbons (Fsp3) is 0.696. The molecule has 0 spiro atoms. The van der Waals surface area contributed by atoms with Gasteiger partial charge in [0.05, 0.1) is 19.1 Å². The van der Waals surface area contributed by atoms with Gasteiger partial charge in [-0.1, -0.05) is 6.92 Å². The van der Waals surface area contributed by atoms with Crippen molar-refractivity contribution in [3.63, 3.8) is 0 Å². The van der Waals surface area contributed by atoms with Crippen LogP contribution in [-0.2, 0) is 16.1 Å². The number of nitrogens with zero attached hydrogens (tertiary/aromatic N) is 5. The number of esters is 1. The Labute approximate surface area is 186 Å². The van der Waals surface area contributed by atoms with Crippen LogP contribution in [0.3, 0.4) is 0 Å². The molecule has 1 N–H and O–H groups in total. The van der Waals surface area contributed by atoms with Crippen molar-refractivity contribution in [1.82, 2.24) is 20.1 Å². The summed E-state index contributed by atoms with van der Waals surface area (Å²) in [7, 11) is 0. The van der Waals surface area contributed by atoms with Crippen LogP contribution in [-0.4, -0.2) is 85.7 Å². The smallest absolute Gasteiger partial charge is 0.309 e. The van der Waals surface area contributed by atoms with Crippen molar-refractivity contribution in [3.8, 4) is 0 Å². The Hall–Kier alpha value is -2.35. The van der Waals surface area contributed by atoms with E-state index in [-0.39, 0.29) is 11.9 Å². The number of nitrogens with one attached hydrogen (secondary N) is 1. The molecule has 2 aliphatic rings. The average molecular weight is 431 g/mol. The molecule has 2 aliphatic heterocycles. The molecule has 1 aromatic rings. The van der Waals surface area contributed by atoms with E-state index >= 15 is 0 Å². The molecule has 3 heterocycles. The third-order valence-corrected chi connectivity index (χ3v) is 6.11. The number of guanidine groups is 1. The molecule has 0 radical (unpaired) electrons. The maximum atomic E-state index is 12.0. The predicted molar refractivity (Wildman–Crippen MR) is 124 cm³/mol. The largest absolute Gasteiger partial charge is 0.466 e. The third-order valence-electron chi connectivity index (χ3n) is 6.11. The number of piperidine rings is 1. The second-order valence-corrected chi connectivity index (χ2v) is 8.13. The first-order valence-corrected chi connectivity index (χ1v) is 11.8. The Bertz CT molecular complexity index is 725. The van der Waals surface area contributed by atoms with Crippen LogP contribution in [0, 0.1) is 5.92 Å². The highest BCUT2D eigenvalue weighted by Crippen LogP contribution is 2.20. The lowest BCUT2D eigenvalue weighted by Crippen LogP contribution is -2.46. The van der Waals surface area contributed by atoms with Crippen LogP contribution in [0.1, 0.15) is 39.2 Å². The summed E-state index contributed by atoms with van der Waals surface area (Å²) in [5.74, 6) is 1.91. The number of pyridine rings is 1. The standard InChI is InChI=1S/C23H38N6O2/c1-4-24-23(29-11-8-20(9-12-29)22(30)31-6-3)26-18-19-7-10-25-21(17-19)28-15-13-27(5-2)14-16-28/h7,10,17,20H,4-6,8-9,11-16,18H2,1-3H3,(H,24,26). The van der Waals surface area contributed by atoms with E-state index in [2.05, 4.69) is 44.9 Å². The van der Waals surface area contributed by atoms with Gasteiger partial charge in [-0.15, -0.1) is 0 Å². The number of carbonyl (C=O) groups excluding carboxylic acids is 1. The molecule has 2 fully saturated rings. The third kappa shape index (κ3) is 6.56. The Balaban J connectivity index is 1.59. The molecule has 31 heavy (non-hydrogen) atoms. The van der Waals surface area contributed by atoms with E-state index in [1.54, 1.807) is 0 Å². The van der Waals surface area contributed by atoms with Gasteiger partial charge < -0.3 is 24.8 Å². The minimum atomic E-state index is -0.0619. The van der Waals surface area contributed by atoms with Gasteiger partial charge in [-0.2, -0.15) is 0 Å². The van der Waals surface area contributed by atoms with Gasteiger partial charge in [-0.05, 0) is 50.9 Å². The topological polar surface area (TPSA) is 73.3 Å². The normalized spacial score (nSPS) is 18.9. The van der Waals surface area contributed by atoms with Gasteiger partial charge >= 0.3 is 5.97 Å². The summed E-state index contributed by atoms with van der Waals surface area (Å²) in [6, 6.07) is 4.22. The number of piperazine rings is 1. The summed E-state index contributed by atoms with van der Waals surface area (Å²) in [5, 5.41) is 3.41. The van der Waals surface area contributed by atoms with Crippen LogP contribution in [0.25, 0.3) is 0 Å². The molecule has 0 bridgehead atoms. The van der Waals surface area contributed by atoms with Gasteiger partial charge in [-0.25, -0.2) is 9.98 Å². The molecule has 0 amide bonds. The highest BCUT2D eigenvalue weighted by Gasteiger charge is 2.27. The molecule has 0 aromatic carbocycles. The first-order valence-electron chi connectivity index (χ1n) is 11.8. The van der Waals surface area contributed by atoms with E-state index in [4.69, 9.17) is 9.73 Å². The molecular weight excluding hydrogens is 392 g/mol.